The number of hydrogen-bond donors (Lipinski definition) is 1. The van der Waals surface area contributed by atoms with E-state index >= 15 is 0 Å². The molecule has 0 aromatic heterocycles. The molecule has 1 heterocycles. The first-order valence-corrected chi connectivity index (χ1v) is 7.69. The van der Waals surface area contributed by atoms with Crippen molar-refractivity contribution in [1.82, 2.24) is 0 Å². The Morgan fingerprint density at radius 3 is 3.00 bits per heavy atom. The zero-order valence-electron chi connectivity index (χ0n) is 10.6. The van der Waals surface area contributed by atoms with Crippen LogP contribution in [0.15, 0.2) is 22.7 Å². The average Bonchev–Trinajstić information content (AvgIpc) is 2.42. The van der Waals surface area contributed by atoms with Crippen LogP contribution in [-0.4, -0.2) is 18.6 Å². The summed E-state index contributed by atoms with van der Waals surface area (Å²) in [6.45, 7) is 0.830. The fraction of sp³-hybridized carbons (Fsp3) is 0.500. The summed E-state index contributed by atoms with van der Waals surface area (Å²) in [7, 11) is 0. The Morgan fingerprint density at radius 2 is 2.32 bits per heavy atom. The Balaban J connectivity index is 1.78. The minimum atomic E-state index is 0.0170. The lowest BCUT2D eigenvalue weighted by molar-refractivity contribution is -0.117. The van der Waals surface area contributed by atoms with Gasteiger partial charge in [0.1, 0.15) is 0 Å². The Bertz CT molecular complexity index is 447. The number of carbonyl (C=O) groups is 1. The van der Waals surface area contributed by atoms with Gasteiger partial charge in [-0.3, -0.25) is 4.79 Å². The molecule has 19 heavy (non-hydrogen) atoms. The van der Waals surface area contributed by atoms with Crippen molar-refractivity contribution in [2.75, 3.05) is 11.9 Å². The van der Waals surface area contributed by atoms with Gasteiger partial charge in [-0.25, -0.2) is 0 Å². The van der Waals surface area contributed by atoms with Gasteiger partial charge in [-0.05, 0) is 59.8 Å². The van der Waals surface area contributed by atoms with Crippen LogP contribution in [-0.2, 0) is 9.53 Å². The first-order valence-electron chi connectivity index (χ1n) is 6.51. The molecule has 1 fully saturated rings. The zero-order chi connectivity index (χ0) is 13.7. The number of hydrogen-bond acceptors (Lipinski definition) is 2. The maximum atomic E-state index is 11.8. The molecule has 1 aromatic rings. The molecule has 0 aliphatic carbocycles. The second kappa shape index (κ2) is 7.27. The van der Waals surface area contributed by atoms with E-state index < -0.39 is 0 Å². The summed E-state index contributed by atoms with van der Waals surface area (Å²) >= 11 is 9.24. The number of rotatable bonds is 4. The van der Waals surface area contributed by atoms with Crippen LogP contribution in [0.3, 0.4) is 0 Å². The van der Waals surface area contributed by atoms with Crippen molar-refractivity contribution < 1.29 is 9.53 Å². The molecule has 1 aromatic carbocycles. The molecule has 0 radical (unpaired) electrons. The standard InChI is InChI=1S/C14H17BrClNO2/c15-12-9-10(4-6-13(12)16)17-14(18)7-5-11-3-1-2-8-19-11/h4,6,9,11H,1-3,5,7-8H2,(H,17,18). The van der Waals surface area contributed by atoms with Crippen LogP contribution in [0.5, 0.6) is 0 Å². The van der Waals surface area contributed by atoms with E-state index in [1.54, 1.807) is 18.2 Å². The minimum Gasteiger partial charge on any atom is -0.378 e. The summed E-state index contributed by atoms with van der Waals surface area (Å²) in [5.74, 6) is 0.0170. The smallest absolute Gasteiger partial charge is 0.224 e. The Morgan fingerprint density at radius 1 is 1.47 bits per heavy atom. The highest BCUT2D eigenvalue weighted by molar-refractivity contribution is 9.10. The third-order valence-corrected chi connectivity index (χ3v) is 4.38. The number of benzene rings is 1. The largest absolute Gasteiger partial charge is 0.378 e. The summed E-state index contributed by atoms with van der Waals surface area (Å²) in [5.41, 5.74) is 0.755. The van der Waals surface area contributed by atoms with Crippen molar-refractivity contribution in [3.05, 3.63) is 27.7 Å². The van der Waals surface area contributed by atoms with Gasteiger partial charge >= 0.3 is 0 Å². The van der Waals surface area contributed by atoms with Gasteiger partial charge in [0.2, 0.25) is 5.91 Å². The van der Waals surface area contributed by atoms with E-state index in [-0.39, 0.29) is 12.0 Å². The first kappa shape index (κ1) is 14.8. The molecule has 0 bridgehead atoms. The third kappa shape index (κ3) is 4.79. The zero-order valence-corrected chi connectivity index (χ0v) is 13.0. The molecule has 1 unspecified atom stereocenters. The molecule has 1 atom stereocenters. The monoisotopic (exact) mass is 345 g/mol. The van der Waals surface area contributed by atoms with Crippen molar-refractivity contribution in [2.45, 2.75) is 38.2 Å². The molecule has 1 N–H and O–H groups in total. The maximum Gasteiger partial charge on any atom is 0.224 e. The second-order valence-electron chi connectivity index (χ2n) is 4.70. The number of carbonyl (C=O) groups excluding carboxylic acids is 1. The van der Waals surface area contributed by atoms with Crippen LogP contribution in [0.1, 0.15) is 32.1 Å². The van der Waals surface area contributed by atoms with E-state index in [1.165, 1.54) is 6.42 Å². The molecular formula is C14H17BrClNO2. The highest BCUT2D eigenvalue weighted by atomic mass is 79.9. The highest BCUT2D eigenvalue weighted by Crippen LogP contribution is 2.25. The van der Waals surface area contributed by atoms with E-state index in [4.69, 9.17) is 16.3 Å². The summed E-state index contributed by atoms with van der Waals surface area (Å²) in [5, 5.41) is 3.50. The van der Waals surface area contributed by atoms with E-state index in [0.717, 1.165) is 36.0 Å². The molecule has 3 nitrogen and oxygen atoms in total. The van der Waals surface area contributed by atoms with Crippen LogP contribution in [0, 0.1) is 0 Å². The van der Waals surface area contributed by atoms with Crippen molar-refractivity contribution >= 4 is 39.1 Å². The predicted molar refractivity (Wildman–Crippen MR) is 80.6 cm³/mol. The molecule has 1 aliphatic heterocycles. The van der Waals surface area contributed by atoms with Gasteiger partial charge in [0.25, 0.3) is 0 Å². The van der Waals surface area contributed by atoms with Crippen LogP contribution < -0.4 is 5.32 Å². The lowest BCUT2D eigenvalue weighted by atomic mass is 10.0. The van der Waals surface area contributed by atoms with Gasteiger partial charge in [-0.15, -0.1) is 0 Å². The Kier molecular flexibility index (Phi) is 5.67. The molecule has 5 heteroatoms. The quantitative estimate of drug-likeness (QED) is 0.878. The van der Waals surface area contributed by atoms with Crippen LogP contribution >= 0.6 is 27.5 Å². The lowest BCUT2D eigenvalue weighted by Gasteiger charge is -2.22. The topological polar surface area (TPSA) is 38.3 Å². The molecule has 1 amide bonds. The Hall–Kier alpha value is -0.580. The van der Waals surface area contributed by atoms with Crippen LogP contribution in [0.2, 0.25) is 5.02 Å². The molecule has 2 rings (SSSR count). The molecule has 1 aliphatic rings. The molecular weight excluding hydrogens is 330 g/mol. The Labute approximate surface area is 126 Å². The van der Waals surface area contributed by atoms with Crippen molar-refractivity contribution in [3.63, 3.8) is 0 Å². The average molecular weight is 347 g/mol. The van der Waals surface area contributed by atoms with Crippen LogP contribution in [0.25, 0.3) is 0 Å². The lowest BCUT2D eigenvalue weighted by Crippen LogP contribution is -2.21. The summed E-state index contributed by atoms with van der Waals surface area (Å²) < 4.78 is 6.39. The number of nitrogens with one attached hydrogen (secondary N) is 1. The van der Waals surface area contributed by atoms with Crippen molar-refractivity contribution in [1.29, 1.82) is 0 Å². The van der Waals surface area contributed by atoms with Crippen molar-refractivity contribution in [2.24, 2.45) is 0 Å². The van der Waals surface area contributed by atoms with E-state index in [0.29, 0.717) is 11.4 Å². The van der Waals surface area contributed by atoms with Crippen LogP contribution in [0.4, 0.5) is 5.69 Å². The number of amides is 1. The fourth-order valence-corrected chi connectivity index (χ4v) is 2.62. The number of halogens is 2. The summed E-state index contributed by atoms with van der Waals surface area (Å²) in [4.78, 5) is 11.8. The second-order valence-corrected chi connectivity index (χ2v) is 5.97. The normalized spacial score (nSPS) is 19.2. The van der Waals surface area contributed by atoms with Gasteiger partial charge in [-0.1, -0.05) is 11.6 Å². The first-order chi connectivity index (χ1) is 9.15. The van der Waals surface area contributed by atoms with E-state index in [2.05, 4.69) is 21.2 Å². The number of anilines is 1. The van der Waals surface area contributed by atoms with E-state index in [1.807, 2.05) is 0 Å². The summed E-state index contributed by atoms with van der Waals surface area (Å²) in [6.07, 6.45) is 4.94. The molecule has 1 saturated heterocycles. The maximum absolute atomic E-state index is 11.8. The highest BCUT2D eigenvalue weighted by Gasteiger charge is 2.15. The summed E-state index contributed by atoms with van der Waals surface area (Å²) in [6, 6.07) is 5.35. The minimum absolute atomic E-state index is 0.0170. The fourth-order valence-electron chi connectivity index (χ4n) is 2.12. The third-order valence-electron chi connectivity index (χ3n) is 3.17. The van der Waals surface area contributed by atoms with Gasteiger partial charge in [0.15, 0.2) is 0 Å². The van der Waals surface area contributed by atoms with Gasteiger partial charge < -0.3 is 10.1 Å². The van der Waals surface area contributed by atoms with Gasteiger partial charge in [0, 0.05) is 23.2 Å². The van der Waals surface area contributed by atoms with Gasteiger partial charge in [0.05, 0.1) is 11.1 Å². The SMILES string of the molecule is O=C(CCC1CCCCO1)Nc1ccc(Cl)c(Br)c1. The molecule has 104 valence electrons. The molecule has 0 spiro atoms. The number of ether oxygens (including phenoxy) is 1. The molecule has 0 saturated carbocycles. The van der Waals surface area contributed by atoms with Gasteiger partial charge in [-0.2, -0.15) is 0 Å². The van der Waals surface area contributed by atoms with E-state index in [9.17, 15) is 4.79 Å². The van der Waals surface area contributed by atoms with Crippen molar-refractivity contribution in [3.8, 4) is 0 Å². The predicted octanol–water partition coefficient (Wildman–Crippen LogP) is 4.39.